The van der Waals surface area contributed by atoms with Gasteiger partial charge in [-0.1, -0.05) is 37.1 Å². The number of halogens is 1. The monoisotopic (exact) mass is 453 g/mol. The number of carbonyl (C=O) groups is 1. The fraction of sp³-hybridized carbons (Fsp3) is 0.400. The highest BCUT2D eigenvalue weighted by Gasteiger charge is 2.52. The summed E-state index contributed by atoms with van der Waals surface area (Å²) in [5.41, 5.74) is 1.33. The van der Waals surface area contributed by atoms with E-state index in [1.807, 2.05) is 28.9 Å². The molecule has 0 saturated heterocycles. The van der Waals surface area contributed by atoms with E-state index in [0.29, 0.717) is 46.7 Å². The van der Waals surface area contributed by atoms with Crippen LogP contribution in [-0.2, 0) is 6.54 Å². The van der Waals surface area contributed by atoms with Gasteiger partial charge in [0.2, 0.25) is 5.43 Å². The van der Waals surface area contributed by atoms with Crippen molar-refractivity contribution in [2.24, 2.45) is 17.8 Å². The average Bonchev–Trinajstić information content (AvgIpc) is 3.52. The van der Waals surface area contributed by atoms with Crippen LogP contribution in [-0.4, -0.2) is 33.4 Å². The van der Waals surface area contributed by atoms with Gasteiger partial charge in [-0.25, -0.2) is 0 Å². The van der Waals surface area contributed by atoms with E-state index in [-0.39, 0.29) is 24.0 Å². The Bertz CT molecular complexity index is 1150. The minimum Gasteiger partial charge on any atom is -0.396 e. The Morgan fingerprint density at radius 1 is 1.19 bits per heavy atom. The molecule has 1 heterocycles. The number of hydrogen-bond acceptors (Lipinski definition) is 4. The van der Waals surface area contributed by atoms with E-state index in [1.165, 1.54) is 6.20 Å². The standard InChI is InChI=1S/C25H28ClN3O3/c1-2-18-19(11-13-29-22-6-4-3-5-20(22)23(31)15-27-29)24(18)21(12-14-30)28-25(32)16-7-9-17(26)10-8-16/h3-10,15,18-19,21,24,30H,2,11-14H2,1H3,(H,28,32)/t18-,19+,21?,24+/m1/s1. The fourth-order valence-corrected chi connectivity index (χ4v) is 5.14. The van der Waals surface area contributed by atoms with Gasteiger partial charge in [-0.3, -0.25) is 14.3 Å². The zero-order valence-electron chi connectivity index (χ0n) is 18.1. The minimum absolute atomic E-state index is 0.0249. The summed E-state index contributed by atoms with van der Waals surface area (Å²) in [4.78, 5) is 24.8. The molecule has 0 radical (unpaired) electrons. The highest BCUT2D eigenvalue weighted by molar-refractivity contribution is 6.30. The normalized spacial score (nSPS) is 20.8. The third-order valence-electron chi connectivity index (χ3n) is 6.63. The van der Waals surface area contributed by atoms with Crippen LogP contribution in [0.3, 0.4) is 0 Å². The third-order valence-corrected chi connectivity index (χ3v) is 6.89. The van der Waals surface area contributed by atoms with E-state index >= 15 is 0 Å². The molecule has 168 valence electrons. The Morgan fingerprint density at radius 3 is 2.66 bits per heavy atom. The summed E-state index contributed by atoms with van der Waals surface area (Å²) in [7, 11) is 0. The molecule has 7 heteroatoms. The molecule has 2 aromatic carbocycles. The molecule has 2 N–H and O–H groups in total. The molecular weight excluding hydrogens is 426 g/mol. The number of fused-ring (bicyclic) bond motifs is 1. The van der Waals surface area contributed by atoms with Gasteiger partial charge in [-0.15, -0.1) is 0 Å². The van der Waals surface area contributed by atoms with Gasteiger partial charge in [0.15, 0.2) is 0 Å². The summed E-state index contributed by atoms with van der Waals surface area (Å²) < 4.78 is 1.90. The number of aromatic nitrogens is 2. The van der Waals surface area contributed by atoms with E-state index in [4.69, 9.17) is 11.6 Å². The van der Waals surface area contributed by atoms with E-state index in [1.54, 1.807) is 24.3 Å². The number of carbonyl (C=O) groups excluding carboxylic acids is 1. The lowest BCUT2D eigenvalue weighted by Gasteiger charge is -2.19. The maximum atomic E-state index is 12.8. The van der Waals surface area contributed by atoms with Crippen LogP contribution in [0.2, 0.25) is 5.02 Å². The first-order valence-corrected chi connectivity index (χ1v) is 11.5. The van der Waals surface area contributed by atoms with Gasteiger partial charge in [-0.2, -0.15) is 5.10 Å². The van der Waals surface area contributed by atoms with Crippen LogP contribution in [0.25, 0.3) is 10.9 Å². The van der Waals surface area contributed by atoms with Crippen LogP contribution in [0.4, 0.5) is 0 Å². The zero-order valence-corrected chi connectivity index (χ0v) is 18.8. The molecular formula is C25H28ClN3O3. The Balaban J connectivity index is 1.46. The Kier molecular flexibility index (Phi) is 6.92. The van der Waals surface area contributed by atoms with Crippen molar-refractivity contribution in [3.8, 4) is 0 Å². The number of nitrogens with zero attached hydrogens (tertiary/aromatic N) is 2. The fourth-order valence-electron chi connectivity index (χ4n) is 5.02. The SMILES string of the molecule is CC[C@@H]1[C@H](CCn2ncc(=O)c3ccccc32)[C@H]1C(CCO)NC(=O)c1ccc(Cl)cc1. The summed E-state index contributed by atoms with van der Waals surface area (Å²) >= 11 is 5.93. The summed E-state index contributed by atoms with van der Waals surface area (Å²) in [6, 6.07) is 14.3. The lowest BCUT2D eigenvalue weighted by atomic mass is 10.0. The molecule has 0 bridgehead atoms. The van der Waals surface area contributed by atoms with Gasteiger partial charge in [0.25, 0.3) is 5.91 Å². The van der Waals surface area contributed by atoms with E-state index in [0.717, 1.165) is 18.4 Å². The molecule has 0 aliphatic heterocycles. The quantitative estimate of drug-likeness (QED) is 0.514. The molecule has 1 amide bonds. The van der Waals surface area contributed by atoms with Crippen molar-refractivity contribution >= 4 is 28.4 Å². The number of aliphatic hydroxyl groups excluding tert-OH is 1. The van der Waals surface area contributed by atoms with Gasteiger partial charge in [0.05, 0.1) is 11.7 Å². The molecule has 4 atom stereocenters. The maximum absolute atomic E-state index is 12.8. The van der Waals surface area contributed by atoms with Crippen molar-refractivity contribution in [1.82, 2.24) is 15.1 Å². The largest absolute Gasteiger partial charge is 0.396 e. The molecule has 0 spiro atoms. The number of rotatable bonds is 9. The number of para-hydroxylation sites is 1. The number of hydrogen-bond donors (Lipinski definition) is 2. The molecule has 6 nitrogen and oxygen atoms in total. The predicted molar refractivity (Wildman–Crippen MR) is 126 cm³/mol. The number of aliphatic hydroxyl groups is 1. The van der Waals surface area contributed by atoms with Gasteiger partial charge in [0.1, 0.15) is 0 Å². The molecule has 1 aromatic heterocycles. The lowest BCUT2D eigenvalue weighted by molar-refractivity contribution is 0.0921. The summed E-state index contributed by atoms with van der Waals surface area (Å²) in [6.07, 6.45) is 3.83. The first-order valence-electron chi connectivity index (χ1n) is 11.2. The zero-order chi connectivity index (χ0) is 22.7. The minimum atomic E-state index is -0.145. The lowest BCUT2D eigenvalue weighted by Crippen LogP contribution is -2.38. The first kappa shape index (κ1) is 22.5. The second-order valence-electron chi connectivity index (χ2n) is 8.45. The van der Waals surface area contributed by atoms with E-state index < -0.39 is 0 Å². The summed E-state index contributed by atoms with van der Waals surface area (Å²) in [6.45, 7) is 2.90. The molecule has 1 unspecified atom stereocenters. The van der Waals surface area contributed by atoms with Gasteiger partial charge in [-0.05, 0) is 67.0 Å². The molecule has 1 aliphatic carbocycles. The predicted octanol–water partition coefficient (Wildman–Crippen LogP) is 3.89. The van der Waals surface area contributed by atoms with Crippen LogP contribution >= 0.6 is 11.6 Å². The third kappa shape index (κ3) is 4.71. The van der Waals surface area contributed by atoms with Crippen molar-refractivity contribution in [2.45, 2.75) is 38.8 Å². The Labute approximate surface area is 192 Å². The van der Waals surface area contributed by atoms with Crippen molar-refractivity contribution in [2.75, 3.05) is 6.61 Å². The molecule has 1 aliphatic rings. The second-order valence-corrected chi connectivity index (χ2v) is 8.89. The maximum Gasteiger partial charge on any atom is 0.251 e. The molecule has 1 saturated carbocycles. The molecule has 4 rings (SSSR count). The van der Waals surface area contributed by atoms with Gasteiger partial charge < -0.3 is 10.4 Å². The van der Waals surface area contributed by atoms with Crippen LogP contribution in [0.1, 0.15) is 36.5 Å². The number of nitrogens with one attached hydrogen (secondary N) is 1. The second kappa shape index (κ2) is 9.84. The highest BCUT2D eigenvalue weighted by atomic mass is 35.5. The van der Waals surface area contributed by atoms with Crippen LogP contribution in [0, 0.1) is 17.8 Å². The average molecular weight is 454 g/mol. The van der Waals surface area contributed by atoms with Crippen molar-refractivity contribution in [3.63, 3.8) is 0 Å². The van der Waals surface area contributed by atoms with Gasteiger partial charge >= 0.3 is 0 Å². The highest BCUT2D eigenvalue weighted by Crippen LogP contribution is 2.53. The first-order chi connectivity index (χ1) is 15.5. The molecule has 1 fully saturated rings. The molecule has 32 heavy (non-hydrogen) atoms. The Hall–Kier alpha value is -2.70. The smallest absolute Gasteiger partial charge is 0.251 e. The van der Waals surface area contributed by atoms with Crippen molar-refractivity contribution < 1.29 is 9.90 Å². The van der Waals surface area contributed by atoms with E-state index in [9.17, 15) is 14.7 Å². The molecule has 3 aromatic rings. The number of benzene rings is 2. The van der Waals surface area contributed by atoms with Gasteiger partial charge in [0, 0.05) is 35.2 Å². The van der Waals surface area contributed by atoms with Crippen LogP contribution in [0.15, 0.2) is 59.5 Å². The topological polar surface area (TPSA) is 84.2 Å². The summed E-state index contributed by atoms with van der Waals surface area (Å²) in [5.74, 6) is 1.09. The Morgan fingerprint density at radius 2 is 1.94 bits per heavy atom. The van der Waals surface area contributed by atoms with Crippen LogP contribution in [0.5, 0.6) is 0 Å². The van der Waals surface area contributed by atoms with E-state index in [2.05, 4.69) is 17.3 Å². The van der Waals surface area contributed by atoms with Crippen molar-refractivity contribution in [1.29, 1.82) is 0 Å². The number of amides is 1. The van der Waals surface area contributed by atoms with Crippen LogP contribution < -0.4 is 10.7 Å². The van der Waals surface area contributed by atoms with Crippen molar-refractivity contribution in [3.05, 3.63) is 75.5 Å². The summed E-state index contributed by atoms with van der Waals surface area (Å²) in [5, 5.41) is 18.4. The number of aryl methyl sites for hydroxylation is 1.